The molecule has 0 saturated carbocycles. The number of likely N-dealkylation sites (tertiary alicyclic amines) is 1. The number of benzene rings is 1. The second kappa shape index (κ2) is 17.6. The number of amides is 2. The van der Waals surface area contributed by atoms with E-state index in [9.17, 15) is 24.8 Å². The summed E-state index contributed by atoms with van der Waals surface area (Å²) in [6.45, 7) is 12.3. The predicted octanol–water partition coefficient (Wildman–Crippen LogP) is 3.86. The topological polar surface area (TPSA) is 162 Å². The second-order valence-electron chi connectivity index (χ2n) is 13.6. The number of aliphatic hydroxyl groups is 1. The molecule has 0 bridgehead atoms. The summed E-state index contributed by atoms with van der Waals surface area (Å²) in [5.41, 5.74) is 10.4. The van der Waals surface area contributed by atoms with E-state index in [1.165, 1.54) is 26.9 Å². The Morgan fingerprint density at radius 1 is 1.15 bits per heavy atom. The third-order valence-corrected chi connectivity index (χ3v) is 9.53. The van der Waals surface area contributed by atoms with Crippen molar-refractivity contribution in [2.45, 2.75) is 97.9 Å². The largest absolute Gasteiger partial charge is 0.391 e. The van der Waals surface area contributed by atoms with Crippen LogP contribution in [0.15, 0.2) is 24.4 Å². The number of ether oxygens (including phenoxy) is 1. The normalized spacial score (nSPS) is 16.9. The molecule has 12 heteroatoms. The number of carbonyl (C=O) groups is 2. The fraction of sp³-hybridized carbons (Fsp3) is 0.706. The van der Waals surface area contributed by atoms with Gasteiger partial charge in [-0.05, 0) is 80.4 Å². The Labute approximate surface area is 273 Å². The molecule has 2 heterocycles. The highest BCUT2D eigenvalue weighted by molar-refractivity contribution is 5.84. The molecule has 1 aromatic heterocycles. The molecule has 12 nitrogen and oxygen atoms in total. The highest BCUT2D eigenvalue weighted by Gasteiger charge is 2.32. The van der Waals surface area contributed by atoms with E-state index in [-0.39, 0.29) is 30.2 Å². The van der Waals surface area contributed by atoms with Crippen molar-refractivity contribution in [1.82, 2.24) is 14.8 Å². The molecule has 2 amide bonds. The van der Waals surface area contributed by atoms with Gasteiger partial charge in [0, 0.05) is 68.5 Å². The summed E-state index contributed by atoms with van der Waals surface area (Å²) in [4.78, 5) is 41.5. The molecular formula is C34H55N5O7. The molecule has 0 aliphatic carbocycles. The Bertz CT molecular complexity index is 1290. The van der Waals surface area contributed by atoms with Crippen molar-refractivity contribution in [1.29, 1.82) is 0 Å². The minimum absolute atomic E-state index is 0.000922. The van der Waals surface area contributed by atoms with E-state index >= 15 is 0 Å². The number of nitrogens with zero attached hydrogens (tertiary/aromatic N) is 3. The number of rotatable bonds is 18. The number of aryl methyl sites for hydroxylation is 2. The summed E-state index contributed by atoms with van der Waals surface area (Å²) < 4.78 is 7.56. The molecule has 1 fully saturated rings. The van der Waals surface area contributed by atoms with Crippen LogP contribution in [0.2, 0.25) is 0 Å². The number of nitrogens with one attached hydrogen (secondary N) is 1. The number of methoxy groups -OCH3 is 1. The van der Waals surface area contributed by atoms with Crippen LogP contribution in [0, 0.1) is 40.7 Å². The van der Waals surface area contributed by atoms with Crippen LogP contribution in [0.5, 0.6) is 0 Å². The van der Waals surface area contributed by atoms with Gasteiger partial charge in [0.1, 0.15) is 0 Å². The number of hydrogen-bond donors (Lipinski definition) is 3. The third-order valence-electron chi connectivity index (χ3n) is 9.53. The van der Waals surface area contributed by atoms with Crippen LogP contribution in [0.25, 0.3) is 10.9 Å². The molecule has 46 heavy (non-hydrogen) atoms. The van der Waals surface area contributed by atoms with Crippen LogP contribution >= 0.6 is 0 Å². The Hall–Kier alpha value is -3.22. The molecule has 1 aromatic carbocycles. The van der Waals surface area contributed by atoms with Crippen molar-refractivity contribution < 1.29 is 29.4 Å². The van der Waals surface area contributed by atoms with Gasteiger partial charge in [-0.2, -0.15) is 0 Å². The first kappa shape index (κ1) is 37.2. The van der Waals surface area contributed by atoms with Gasteiger partial charge in [0.05, 0.1) is 6.10 Å². The van der Waals surface area contributed by atoms with Crippen molar-refractivity contribution in [2.75, 3.05) is 33.4 Å². The van der Waals surface area contributed by atoms with E-state index in [0.717, 1.165) is 26.0 Å². The summed E-state index contributed by atoms with van der Waals surface area (Å²) in [6.07, 6.45) is 5.18. The summed E-state index contributed by atoms with van der Waals surface area (Å²) in [5, 5.41) is 25.0. The first-order valence-corrected chi connectivity index (χ1v) is 16.7. The van der Waals surface area contributed by atoms with Gasteiger partial charge in [-0.25, -0.2) is 0 Å². The molecule has 0 unspecified atom stereocenters. The van der Waals surface area contributed by atoms with Crippen LogP contribution < -0.4 is 11.1 Å². The first-order chi connectivity index (χ1) is 21.8. The second-order valence-corrected chi connectivity index (χ2v) is 13.6. The lowest BCUT2D eigenvalue weighted by molar-refractivity contribution is -0.754. The summed E-state index contributed by atoms with van der Waals surface area (Å²) in [5.74, 6) is -0.365. The number of hydrogen-bond acceptors (Lipinski definition) is 8. The van der Waals surface area contributed by atoms with Crippen LogP contribution in [0.3, 0.4) is 0 Å². The lowest BCUT2D eigenvalue weighted by Gasteiger charge is -2.34. The highest BCUT2D eigenvalue weighted by Crippen LogP contribution is 2.29. The lowest BCUT2D eigenvalue weighted by Crippen LogP contribution is -2.50. The van der Waals surface area contributed by atoms with Gasteiger partial charge in [0.15, 0.2) is 6.61 Å². The van der Waals surface area contributed by atoms with Gasteiger partial charge in [0.25, 0.3) is 5.09 Å². The average molecular weight is 646 g/mol. The van der Waals surface area contributed by atoms with E-state index in [1.54, 1.807) is 7.11 Å². The van der Waals surface area contributed by atoms with Crippen molar-refractivity contribution in [2.24, 2.45) is 29.4 Å². The Morgan fingerprint density at radius 2 is 1.85 bits per heavy atom. The molecule has 1 saturated heterocycles. The van der Waals surface area contributed by atoms with Gasteiger partial charge >= 0.3 is 0 Å². The number of nitrogens with two attached hydrogens (primary N) is 1. The molecule has 2 aromatic rings. The van der Waals surface area contributed by atoms with Gasteiger partial charge in [0.2, 0.25) is 11.8 Å². The quantitative estimate of drug-likeness (QED) is 0.125. The maximum atomic E-state index is 13.3. The number of fused-ring (bicyclic) bond motifs is 1. The molecule has 1 aliphatic rings. The monoisotopic (exact) mass is 645 g/mol. The van der Waals surface area contributed by atoms with E-state index in [1.807, 2.05) is 13.8 Å². The van der Waals surface area contributed by atoms with Crippen molar-refractivity contribution in [3.8, 4) is 0 Å². The van der Waals surface area contributed by atoms with Crippen molar-refractivity contribution in [3.05, 3.63) is 45.6 Å². The van der Waals surface area contributed by atoms with Crippen molar-refractivity contribution in [3.63, 3.8) is 0 Å². The van der Waals surface area contributed by atoms with Gasteiger partial charge in [-0.1, -0.05) is 39.8 Å². The van der Waals surface area contributed by atoms with Crippen molar-refractivity contribution >= 4 is 22.7 Å². The zero-order valence-electron chi connectivity index (χ0n) is 28.4. The van der Waals surface area contributed by atoms with E-state index in [2.05, 4.69) is 59.9 Å². The van der Waals surface area contributed by atoms with E-state index < -0.39 is 35.7 Å². The number of piperidine rings is 1. The minimum atomic E-state index is -0.980. The molecular weight excluding hydrogens is 590 g/mol. The fourth-order valence-corrected chi connectivity index (χ4v) is 6.51. The molecule has 4 atom stereocenters. The predicted molar refractivity (Wildman–Crippen MR) is 177 cm³/mol. The number of aromatic nitrogens is 1. The fourth-order valence-electron chi connectivity index (χ4n) is 6.51. The standard InChI is InChI=1S/C34H55N5O7/c1-22(2)26(16-25-8-9-28-24(5)20-38(31(28)17-25)12-7-15-45-6)18-30(35)32(40)19-29(23(3)4)34(42)36-27-10-13-37(14-11-27)33(41)21-46-39(43)44/h8-9,17,20,22-23,26-27,29-30,32,40H,7,10-16,18-19,21,35H2,1-6H3,(H,36,42)/t26-,29-,30-,32-/m0/s1. The van der Waals surface area contributed by atoms with E-state index in [4.69, 9.17) is 10.5 Å². The zero-order chi connectivity index (χ0) is 34.0. The van der Waals surface area contributed by atoms with Gasteiger partial charge < -0.3 is 35.2 Å². The Morgan fingerprint density at radius 3 is 2.46 bits per heavy atom. The smallest absolute Gasteiger partial charge is 0.295 e. The molecule has 1 aliphatic heterocycles. The summed E-state index contributed by atoms with van der Waals surface area (Å²) >= 11 is 0. The van der Waals surface area contributed by atoms with Gasteiger partial charge in [-0.15, -0.1) is 10.1 Å². The van der Waals surface area contributed by atoms with Crippen LogP contribution in [-0.4, -0.2) is 83.1 Å². The van der Waals surface area contributed by atoms with E-state index in [0.29, 0.717) is 38.3 Å². The summed E-state index contributed by atoms with van der Waals surface area (Å²) in [6, 6.07) is 6.10. The third kappa shape index (κ3) is 10.7. The number of carbonyl (C=O) groups excluding carboxylic acids is 2. The zero-order valence-corrected chi connectivity index (χ0v) is 28.4. The van der Waals surface area contributed by atoms with Crippen LogP contribution in [0.4, 0.5) is 0 Å². The maximum absolute atomic E-state index is 13.3. The first-order valence-electron chi connectivity index (χ1n) is 16.7. The molecule has 258 valence electrons. The Kier molecular flexibility index (Phi) is 14.3. The SMILES string of the molecule is COCCCn1cc(C)c2ccc(C[C@@H](C[C@H](N)[C@@H](O)C[C@H](C(=O)NC3CCN(C(=O)CO[N+](=O)[O-])CC3)C(C)C)C(C)C)cc21. The number of aliphatic hydroxyl groups excluding tert-OH is 1. The van der Waals surface area contributed by atoms with Gasteiger partial charge in [-0.3, -0.25) is 9.59 Å². The molecule has 3 rings (SSSR count). The minimum Gasteiger partial charge on any atom is -0.391 e. The molecule has 4 N–H and O–H groups in total. The average Bonchev–Trinajstić information content (AvgIpc) is 3.32. The highest BCUT2D eigenvalue weighted by atomic mass is 16.9. The molecule has 0 radical (unpaired) electrons. The maximum Gasteiger partial charge on any atom is 0.295 e. The Balaban J connectivity index is 1.57. The van der Waals surface area contributed by atoms with Crippen LogP contribution in [-0.2, 0) is 32.1 Å². The summed E-state index contributed by atoms with van der Waals surface area (Å²) in [7, 11) is 1.73. The lowest BCUT2D eigenvalue weighted by atomic mass is 9.80. The molecule has 0 spiro atoms. The van der Waals surface area contributed by atoms with Crippen LogP contribution in [0.1, 0.15) is 70.9 Å².